The minimum atomic E-state index is -0.0414. The molecule has 0 atom stereocenters. The SMILES string of the molecule is O=Cc1ccc(CCCCN2C(=O)CCC2=O)cc1. The number of nitrogens with zero attached hydrogens (tertiary/aromatic N) is 1. The number of amides is 2. The monoisotopic (exact) mass is 259 g/mol. The first-order chi connectivity index (χ1) is 9.20. The van der Waals surface area contributed by atoms with Crippen LogP contribution in [0.3, 0.4) is 0 Å². The highest BCUT2D eigenvalue weighted by Gasteiger charge is 2.27. The predicted octanol–water partition coefficient (Wildman–Crippen LogP) is 1.97. The number of aldehydes is 1. The Balaban J connectivity index is 1.73. The third-order valence-corrected chi connectivity index (χ3v) is 3.37. The van der Waals surface area contributed by atoms with Gasteiger partial charge in [-0.05, 0) is 24.8 Å². The lowest BCUT2D eigenvalue weighted by atomic mass is 10.1. The van der Waals surface area contributed by atoms with E-state index in [0.29, 0.717) is 24.9 Å². The van der Waals surface area contributed by atoms with Gasteiger partial charge in [-0.25, -0.2) is 0 Å². The summed E-state index contributed by atoms with van der Waals surface area (Å²) < 4.78 is 0. The van der Waals surface area contributed by atoms with E-state index in [2.05, 4.69) is 0 Å². The first kappa shape index (κ1) is 13.5. The molecule has 0 N–H and O–H groups in total. The molecule has 0 saturated carbocycles. The van der Waals surface area contributed by atoms with Crippen LogP contribution in [0, 0.1) is 0 Å². The smallest absolute Gasteiger partial charge is 0.229 e. The van der Waals surface area contributed by atoms with Crippen LogP contribution in [0.1, 0.15) is 41.6 Å². The second kappa shape index (κ2) is 6.27. The topological polar surface area (TPSA) is 54.5 Å². The van der Waals surface area contributed by atoms with Gasteiger partial charge in [0.2, 0.25) is 11.8 Å². The third kappa shape index (κ3) is 3.50. The number of hydrogen-bond donors (Lipinski definition) is 0. The Kier molecular flexibility index (Phi) is 4.44. The van der Waals surface area contributed by atoms with Gasteiger partial charge in [-0.1, -0.05) is 24.3 Å². The number of hydrogen-bond acceptors (Lipinski definition) is 3. The fourth-order valence-electron chi connectivity index (χ4n) is 2.23. The first-order valence-corrected chi connectivity index (χ1v) is 6.58. The summed E-state index contributed by atoms with van der Waals surface area (Å²) >= 11 is 0. The molecule has 0 unspecified atom stereocenters. The van der Waals surface area contributed by atoms with Gasteiger partial charge < -0.3 is 0 Å². The van der Waals surface area contributed by atoms with Crippen LogP contribution < -0.4 is 0 Å². The Hall–Kier alpha value is -1.97. The Morgan fingerprint density at radius 1 is 1.00 bits per heavy atom. The summed E-state index contributed by atoms with van der Waals surface area (Å²) in [6.07, 6.45) is 4.21. The second-order valence-electron chi connectivity index (χ2n) is 4.76. The summed E-state index contributed by atoms with van der Waals surface area (Å²) in [5.74, 6) is -0.0827. The van der Waals surface area contributed by atoms with Crippen molar-refractivity contribution in [2.24, 2.45) is 0 Å². The van der Waals surface area contributed by atoms with Crippen LogP contribution in [0.4, 0.5) is 0 Å². The molecule has 0 aromatic heterocycles. The summed E-state index contributed by atoms with van der Waals surface area (Å²) in [5.41, 5.74) is 1.85. The van der Waals surface area contributed by atoms with Crippen LogP contribution >= 0.6 is 0 Å². The van der Waals surface area contributed by atoms with Gasteiger partial charge in [-0.15, -0.1) is 0 Å². The number of aryl methyl sites for hydroxylation is 1. The van der Waals surface area contributed by atoms with E-state index < -0.39 is 0 Å². The molecule has 1 fully saturated rings. The van der Waals surface area contributed by atoms with Gasteiger partial charge in [0.05, 0.1) is 0 Å². The maximum absolute atomic E-state index is 11.4. The zero-order valence-electron chi connectivity index (χ0n) is 10.8. The zero-order valence-corrected chi connectivity index (χ0v) is 10.8. The van der Waals surface area contributed by atoms with Crippen LogP contribution in [-0.4, -0.2) is 29.5 Å². The van der Waals surface area contributed by atoms with Gasteiger partial charge in [-0.2, -0.15) is 0 Å². The van der Waals surface area contributed by atoms with Crippen molar-refractivity contribution < 1.29 is 14.4 Å². The maximum Gasteiger partial charge on any atom is 0.229 e. The van der Waals surface area contributed by atoms with Gasteiger partial charge in [0, 0.05) is 24.9 Å². The molecule has 4 heteroatoms. The van der Waals surface area contributed by atoms with Gasteiger partial charge in [0.25, 0.3) is 0 Å². The van der Waals surface area contributed by atoms with E-state index >= 15 is 0 Å². The molecule has 1 aliphatic heterocycles. The molecule has 4 nitrogen and oxygen atoms in total. The summed E-state index contributed by atoms with van der Waals surface area (Å²) in [6, 6.07) is 7.48. The Bertz CT molecular complexity index is 463. The van der Waals surface area contributed by atoms with E-state index in [9.17, 15) is 14.4 Å². The molecule has 2 rings (SSSR count). The molecular weight excluding hydrogens is 242 g/mol. The fourth-order valence-corrected chi connectivity index (χ4v) is 2.23. The third-order valence-electron chi connectivity index (χ3n) is 3.37. The fraction of sp³-hybridized carbons (Fsp3) is 0.400. The highest BCUT2D eigenvalue weighted by Crippen LogP contribution is 2.13. The predicted molar refractivity (Wildman–Crippen MR) is 70.7 cm³/mol. The normalized spacial score (nSPS) is 15.1. The van der Waals surface area contributed by atoms with Gasteiger partial charge in [0.1, 0.15) is 6.29 Å². The number of imide groups is 1. The molecule has 0 bridgehead atoms. The highest BCUT2D eigenvalue weighted by molar-refractivity contribution is 6.01. The minimum absolute atomic E-state index is 0.0414. The van der Waals surface area contributed by atoms with Crippen molar-refractivity contribution in [3.63, 3.8) is 0 Å². The largest absolute Gasteiger partial charge is 0.298 e. The molecule has 1 aromatic carbocycles. The average Bonchev–Trinajstić information content (AvgIpc) is 2.75. The van der Waals surface area contributed by atoms with E-state index in [1.54, 1.807) is 12.1 Å². The van der Waals surface area contributed by atoms with Crippen LogP contribution in [0.15, 0.2) is 24.3 Å². The van der Waals surface area contributed by atoms with E-state index in [4.69, 9.17) is 0 Å². The van der Waals surface area contributed by atoms with Crippen molar-refractivity contribution in [1.29, 1.82) is 0 Å². The van der Waals surface area contributed by atoms with Crippen LogP contribution in [-0.2, 0) is 16.0 Å². The Morgan fingerprint density at radius 2 is 1.63 bits per heavy atom. The molecule has 1 aromatic rings. The molecule has 2 amide bonds. The molecular formula is C15H17NO3. The van der Waals surface area contributed by atoms with Crippen molar-refractivity contribution in [3.8, 4) is 0 Å². The number of carbonyl (C=O) groups is 3. The standard InChI is InChI=1S/C15H17NO3/c17-11-13-6-4-12(5-7-13)3-1-2-10-16-14(18)8-9-15(16)19/h4-7,11H,1-3,8-10H2. The van der Waals surface area contributed by atoms with Crippen molar-refractivity contribution in [2.75, 3.05) is 6.54 Å². The number of unbranched alkanes of at least 4 members (excludes halogenated alkanes) is 1. The van der Waals surface area contributed by atoms with E-state index in [1.165, 1.54) is 10.5 Å². The number of benzene rings is 1. The molecule has 100 valence electrons. The molecule has 0 radical (unpaired) electrons. The second-order valence-corrected chi connectivity index (χ2v) is 4.76. The van der Waals surface area contributed by atoms with Gasteiger partial charge >= 0.3 is 0 Å². The molecule has 1 saturated heterocycles. The average molecular weight is 259 g/mol. The molecule has 1 aliphatic rings. The van der Waals surface area contributed by atoms with Crippen molar-refractivity contribution in [3.05, 3.63) is 35.4 Å². The number of carbonyl (C=O) groups excluding carboxylic acids is 3. The van der Waals surface area contributed by atoms with Crippen molar-refractivity contribution in [1.82, 2.24) is 4.90 Å². The summed E-state index contributed by atoms with van der Waals surface area (Å²) in [4.78, 5) is 34.7. The van der Waals surface area contributed by atoms with Gasteiger partial charge in [-0.3, -0.25) is 19.3 Å². The maximum atomic E-state index is 11.4. The molecule has 1 heterocycles. The Labute approximate surface area is 112 Å². The molecule has 0 spiro atoms. The van der Waals surface area contributed by atoms with E-state index in [-0.39, 0.29) is 11.8 Å². The van der Waals surface area contributed by atoms with Crippen LogP contribution in [0.2, 0.25) is 0 Å². The van der Waals surface area contributed by atoms with Crippen molar-refractivity contribution in [2.45, 2.75) is 32.1 Å². The lowest BCUT2D eigenvalue weighted by Crippen LogP contribution is -2.29. The van der Waals surface area contributed by atoms with Crippen LogP contribution in [0.25, 0.3) is 0 Å². The first-order valence-electron chi connectivity index (χ1n) is 6.58. The molecule has 0 aliphatic carbocycles. The van der Waals surface area contributed by atoms with E-state index in [0.717, 1.165) is 25.5 Å². The summed E-state index contributed by atoms with van der Waals surface area (Å²) in [7, 11) is 0. The lowest BCUT2D eigenvalue weighted by molar-refractivity contribution is -0.138. The van der Waals surface area contributed by atoms with E-state index in [1.807, 2.05) is 12.1 Å². The Morgan fingerprint density at radius 3 is 2.21 bits per heavy atom. The zero-order chi connectivity index (χ0) is 13.7. The minimum Gasteiger partial charge on any atom is -0.298 e. The lowest BCUT2D eigenvalue weighted by Gasteiger charge is -2.13. The summed E-state index contributed by atoms with van der Waals surface area (Å²) in [5, 5.41) is 0. The number of rotatable bonds is 6. The van der Waals surface area contributed by atoms with Crippen LogP contribution in [0.5, 0.6) is 0 Å². The number of likely N-dealkylation sites (tertiary alicyclic amines) is 1. The quantitative estimate of drug-likeness (QED) is 0.446. The van der Waals surface area contributed by atoms with Crippen molar-refractivity contribution >= 4 is 18.1 Å². The molecule has 19 heavy (non-hydrogen) atoms. The highest BCUT2D eigenvalue weighted by atomic mass is 16.2. The summed E-state index contributed by atoms with van der Waals surface area (Å²) in [6.45, 7) is 0.532. The van der Waals surface area contributed by atoms with Gasteiger partial charge in [0.15, 0.2) is 0 Å².